The zero-order valence-electron chi connectivity index (χ0n) is 13.2. The van der Waals surface area contributed by atoms with Gasteiger partial charge in [0.25, 0.3) is 0 Å². The molecule has 0 aliphatic heterocycles. The summed E-state index contributed by atoms with van der Waals surface area (Å²) < 4.78 is 35.7. The van der Waals surface area contributed by atoms with Gasteiger partial charge in [-0.3, -0.25) is 4.72 Å². The topological polar surface area (TPSA) is 81.7 Å². The fourth-order valence-corrected chi connectivity index (χ4v) is 2.43. The van der Waals surface area contributed by atoms with E-state index in [1.165, 1.54) is 13.2 Å². The average Bonchev–Trinajstić information content (AvgIpc) is 2.54. The highest BCUT2D eigenvalue weighted by molar-refractivity contribution is 7.92. The molecule has 0 amide bonds. The second kappa shape index (κ2) is 7.65. The maximum atomic E-state index is 11.5. The van der Waals surface area contributed by atoms with Gasteiger partial charge in [0.05, 0.1) is 19.1 Å². The molecular formula is C17H17NO5S. The molecule has 0 radical (unpaired) electrons. The summed E-state index contributed by atoms with van der Waals surface area (Å²) in [6.45, 7) is 0. The van der Waals surface area contributed by atoms with Gasteiger partial charge < -0.3 is 9.47 Å². The molecular weight excluding hydrogens is 330 g/mol. The molecule has 126 valence electrons. The first-order valence-electron chi connectivity index (χ1n) is 6.98. The standard InChI is InChI=1S/C17H17NO5S/c1-22-17(19)11-9-13-8-10-15(18-24(2,20)21)16(12-13)23-14-6-4-3-5-7-14/h3-12,18H,1-2H3/b11-9+. The van der Waals surface area contributed by atoms with Crippen LogP contribution in [0.2, 0.25) is 0 Å². The zero-order valence-corrected chi connectivity index (χ0v) is 14.0. The molecule has 0 fully saturated rings. The number of hydrogen-bond donors (Lipinski definition) is 1. The summed E-state index contributed by atoms with van der Waals surface area (Å²) in [5.41, 5.74) is 0.960. The van der Waals surface area contributed by atoms with Crippen molar-refractivity contribution in [1.29, 1.82) is 0 Å². The van der Waals surface area contributed by atoms with Crippen molar-refractivity contribution in [2.24, 2.45) is 0 Å². The molecule has 2 aromatic carbocycles. The van der Waals surface area contributed by atoms with Crippen LogP contribution in [0.3, 0.4) is 0 Å². The van der Waals surface area contributed by atoms with Gasteiger partial charge in [0.15, 0.2) is 5.75 Å². The van der Waals surface area contributed by atoms with Crippen LogP contribution in [0.4, 0.5) is 5.69 Å². The van der Waals surface area contributed by atoms with Gasteiger partial charge >= 0.3 is 5.97 Å². The number of ether oxygens (including phenoxy) is 2. The quantitative estimate of drug-likeness (QED) is 0.641. The molecule has 0 bridgehead atoms. The summed E-state index contributed by atoms with van der Waals surface area (Å²) in [6.07, 6.45) is 3.88. The van der Waals surface area contributed by atoms with E-state index in [9.17, 15) is 13.2 Å². The van der Waals surface area contributed by atoms with E-state index in [2.05, 4.69) is 9.46 Å². The van der Waals surface area contributed by atoms with Crippen molar-refractivity contribution in [2.75, 3.05) is 18.1 Å². The number of carbonyl (C=O) groups excluding carboxylic acids is 1. The van der Waals surface area contributed by atoms with Crippen LogP contribution >= 0.6 is 0 Å². The maximum Gasteiger partial charge on any atom is 0.330 e. The molecule has 0 spiro atoms. The fourth-order valence-electron chi connectivity index (χ4n) is 1.86. The van der Waals surface area contributed by atoms with E-state index < -0.39 is 16.0 Å². The third-order valence-corrected chi connectivity index (χ3v) is 3.48. The zero-order chi connectivity index (χ0) is 17.6. The SMILES string of the molecule is COC(=O)/C=C/c1ccc(NS(C)(=O)=O)c(Oc2ccccc2)c1. The predicted octanol–water partition coefficient (Wildman–Crippen LogP) is 3.04. The predicted molar refractivity (Wildman–Crippen MR) is 92.5 cm³/mol. The van der Waals surface area contributed by atoms with E-state index in [0.717, 1.165) is 6.26 Å². The Morgan fingerprint density at radius 1 is 1.12 bits per heavy atom. The average molecular weight is 347 g/mol. The van der Waals surface area contributed by atoms with Gasteiger partial charge in [0.2, 0.25) is 10.0 Å². The Morgan fingerprint density at radius 3 is 2.46 bits per heavy atom. The minimum atomic E-state index is -3.46. The largest absolute Gasteiger partial charge is 0.466 e. The molecule has 6 nitrogen and oxygen atoms in total. The van der Waals surface area contributed by atoms with Crippen LogP contribution in [-0.4, -0.2) is 27.8 Å². The number of anilines is 1. The van der Waals surface area contributed by atoms with Crippen molar-refractivity contribution in [2.45, 2.75) is 0 Å². The molecule has 0 aliphatic rings. The number of nitrogens with one attached hydrogen (secondary N) is 1. The van der Waals surface area contributed by atoms with Crippen LogP contribution in [0.15, 0.2) is 54.6 Å². The lowest BCUT2D eigenvalue weighted by Crippen LogP contribution is -2.10. The Balaban J connectivity index is 2.37. The summed E-state index contributed by atoms with van der Waals surface area (Å²) in [4.78, 5) is 11.2. The van der Waals surface area contributed by atoms with Crippen LogP contribution in [0.1, 0.15) is 5.56 Å². The third kappa shape index (κ3) is 5.44. The van der Waals surface area contributed by atoms with Crippen molar-refractivity contribution in [3.05, 3.63) is 60.2 Å². The molecule has 0 saturated carbocycles. The minimum absolute atomic E-state index is 0.302. The number of benzene rings is 2. The molecule has 2 aromatic rings. The van der Waals surface area contributed by atoms with Crippen molar-refractivity contribution in [1.82, 2.24) is 0 Å². The molecule has 0 aliphatic carbocycles. The Kier molecular flexibility index (Phi) is 5.59. The molecule has 0 saturated heterocycles. The van der Waals surface area contributed by atoms with Crippen molar-refractivity contribution in [3.8, 4) is 11.5 Å². The molecule has 0 heterocycles. The number of methoxy groups -OCH3 is 1. The monoisotopic (exact) mass is 347 g/mol. The second-order valence-electron chi connectivity index (χ2n) is 4.90. The van der Waals surface area contributed by atoms with Crippen LogP contribution in [-0.2, 0) is 19.6 Å². The minimum Gasteiger partial charge on any atom is -0.466 e. The van der Waals surface area contributed by atoms with Gasteiger partial charge in [-0.1, -0.05) is 24.3 Å². The highest BCUT2D eigenvalue weighted by atomic mass is 32.2. The van der Waals surface area contributed by atoms with Gasteiger partial charge in [-0.05, 0) is 35.9 Å². The number of hydrogen-bond acceptors (Lipinski definition) is 5. The van der Waals surface area contributed by atoms with Gasteiger partial charge in [-0.15, -0.1) is 0 Å². The number of esters is 1. The van der Waals surface area contributed by atoms with E-state index in [1.807, 2.05) is 6.07 Å². The van der Waals surface area contributed by atoms with Crippen LogP contribution in [0, 0.1) is 0 Å². The highest BCUT2D eigenvalue weighted by Crippen LogP contribution is 2.31. The van der Waals surface area contributed by atoms with Gasteiger partial charge in [-0.25, -0.2) is 13.2 Å². The van der Waals surface area contributed by atoms with Gasteiger partial charge in [-0.2, -0.15) is 0 Å². The molecule has 1 N–H and O–H groups in total. The first kappa shape index (κ1) is 17.6. The first-order chi connectivity index (χ1) is 11.4. The normalized spacial score (nSPS) is 11.2. The Hall–Kier alpha value is -2.80. The van der Waals surface area contributed by atoms with E-state index in [1.54, 1.807) is 48.5 Å². The molecule has 0 atom stereocenters. The lowest BCUT2D eigenvalue weighted by molar-refractivity contribution is -0.134. The third-order valence-electron chi connectivity index (χ3n) is 2.89. The summed E-state index contributed by atoms with van der Waals surface area (Å²) in [6, 6.07) is 13.8. The number of carbonyl (C=O) groups is 1. The second-order valence-corrected chi connectivity index (χ2v) is 6.65. The van der Waals surface area contributed by atoms with E-state index in [-0.39, 0.29) is 0 Å². The Morgan fingerprint density at radius 2 is 1.83 bits per heavy atom. The summed E-state index contributed by atoms with van der Waals surface area (Å²) in [5.74, 6) is 0.389. The van der Waals surface area contributed by atoms with Crippen LogP contribution in [0.25, 0.3) is 6.08 Å². The maximum absolute atomic E-state index is 11.5. The lowest BCUT2D eigenvalue weighted by Gasteiger charge is -2.13. The van der Waals surface area contributed by atoms with Crippen LogP contribution in [0.5, 0.6) is 11.5 Å². The van der Waals surface area contributed by atoms with E-state index in [0.29, 0.717) is 22.7 Å². The van der Waals surface area contributed by atoms with Crippen molar-refractivity contribution in [3.63, 3.8) is 0 Å². The highest BCUT2D eigenvalue weighted by Gasteiger charge is 2.10. The summed E-state index contributed by atoms with van der Waals surface area (Å²) in [7, 11) is -2.17. The lowest BCUT2D eigenvalue weighted by atomic mass is 10.1. The molecule has 0 unspecified atom stereocenters. The first-order valence-corrected chi connectivity index (χ1v) is 8.87. The number of sulfonamides is 1. The number of rotatable bonds is 6. The number of para-hydroxylation sites is 1. The van der Waals surface area contributed by atoms with Gasteiger partial charge in [0.1, 0.15) is 5.75 Å². The van der Waals surface area contributed by atoms with Gasteiger partial charge in [0, 0.05) is 6.08 Å². The van der Waals surface area contributed by atoms with Crippen molar-refractivity contribution < 1.29 is 22.7 Å². The van der Waals surface area contributed by atoms with E-state index in [4.69, 9.17) is 4.74 Å². The summed E-state index contributed by atoms with van der Waals surface area (Å²) >= 11 is 0. The smallest absolute Gasteiger partial charge is 0.330 e. The molecule has 2 rings (SSSR count). The van der Waals surface area contributed by atoms with E-state index >= 15 is 0 Å². The Labute approximate surface area is 140 Å². The fraction of sp³-hybridized carbons (Fsp3) is 0.118. The molecule has 24 heavy (non-hydrogen) atoms. The summed E-state index contributed by atoms with van der Waals surface area (Å²) in [5, 5.41) is 0. The van der Waals surface area contributed by atoms with Crippen molar-refractivity contribution >= 4 is 27.8 Å². The molecule has 7 heteroatoms. The Bertz CT molecular complexity index is 845. The molecule has 0 aromatic heterocycles. The van der Waals surface area contributed by atoms with Crippen LogP contribution < -0.4 is 9.46 Å².